The SMILES string of the molecule is CCOc1ccccc1OCC1(CBr)CCCCCC1. The molecule has 20 heavy (non-hydrogen) atoms. The molecule has 0 unspecified atom stereocenters. The Morgan fingerprint density at radius 2 is 1.60 bits per heavy atom. The average Bonchev–Trinajstić information content (AvgIpc) is 2.73. The van der Waals surface area contributed by atoms with Crippen LogP contribution in [0.1, 0.15) is 45.4 Å². The van der Waals surface area contributed by atoms with E-state index < -0.39 is 0 Å². The van der Waals surface area contributed by atoms with Gasteiger partial charge in [-0.05, 0) is 31.9 Å². The van der Waals surface area contributed by atoms with Gasteiger partial charge in [-0.25, -0.2) is 0 Å². The van der Waals surface area contributed by atoms with E-state index in [1.54, 1.807) is 0 Å². The van der Waals surface area contributed by atoms with E-state index in [-0.39, 0.29) is 5.41 Å². The van der Waals surface area contributed by atoms with Crippen LogP contribution in [-0.2, 0) is 0 Å². The lowest BCUT2D eigenvalue weighted by Crippen LogP contribution is -2.30. The van der Waals surface area contributed by atoms with Crippen LogP contribution >= 0.6 is 15.9 Å². The lowest BCUT2D eigenvalue weighted by molar-refractivity contribution is 0.144. The van der Waals surface area contributed by atoms with E-state index in [0.717, 1.165) is 23.4 Å². The Morgan fingerprint density at radius 3 is 2.15 bits per heavy atom. The number of hydrogen-bond donors (Lipinski definition) is 0. The largest absolute Gasteiger partial charge is 0.490 e. The Labute approximate surface area is 131 Å². The molecule has 1 aliphatic rings. The second-order valence-corrected chi connectivity index (χ2v) is 6.28. The molecule has 1 aliphatic carbocycles. The van der Waals surface area contributed by atoms with Crippen LogP contribution in [0.3, 0.4) is 0 Å². The highest BCUT2D eigenvalue weighted by Gasteiger charge is 2.31. The summed E-state index contributed by atoms with van der Waals surface area (Å²) in [5.74, 6) is 1.73. The highest BCUT2D eigenvalue weighted by Crippen LogP contribution is 2.38. The molecule has 112 valence electrons. The van der Waals surface area contributed by atoms with Gasteiger partial charge < -0.3 is 9.47 Å². The van der Waals surface area contributed by atoms with Crippen LogP contribution in [-0.4, -0.2) is 18.5 Å². The molecule has 0 spiro atoms. The van der Waals surface area contributed by atoms with E-state index in [0.29, 0.717) is 6.61 Å². The van der Waals surface area contributed by atoms with Crippen molar-refractivity contribution in [1.82, 2.24) is 0 Å². The van der Waals surface area contributed by atoms with Crippen LogP contribution in [0.15, 0.2) is 24.3 Å². The van der Waals surface area contributed by atoms with Crippen molar-refractivity contribution in [2.24, 2.45) is 5.41 Å². The summed E-state index contributed by atoms with van der Waals surface area (Å²) in [6.45, 7) is 3.45. The summed E-state index contributed by atoms with van der Waals surface area (Å²) in [4.78, 5) is 0. The number of hydrogen-bond acceptors (Lipinski definition) is 2. The first-order valence-electron chi connectivity index (χ1n) is 7.70. The maximum absolute atomic E-state index is 6.12. The molecule has 3 heteroatoms. The quantitative estimate of drug-likeness (QED) is 0.523. The Balaban J connectivity index is 2.02. The summed E-state index contributed by atoms with van der Waals surface area (Å²) >= 11 is 3.71. The number of ether oxygens (including phenoxy) is 2. The average molecular weight is 341 g/mol. The fraction of sp³-hybridized carbons (Fsp3) is 0.647. The minimum atomic E-state index is 0.288. The van der Waals surface area contributed by atoms with Crippen molar-refractivity contribution in [2.45, 2.75) is 45.4 Å². The van der Waals surface area contributed by atoms with Crippen molar-refractivity contribution < 1.29 is 9.47 Å². The summed E-state index contributed by atoms with van der Waals surface area (Å²) < 4.78 is 11.8. The topological polar surface area (TPSA) is 18.5 Å². The maximum atomic E-state index is 6.12. The van der Waals surface area contributed by atoms with Crippen molar-refractivity contribution >= 4 is 15.9 Å². The third kappa shape index (κ3) is 4.15. The smallest absolute Gasteiger partial charge is 0.161 e. The molecule has 0 atom stereocenters. The zero-order chi connectivity index (χ0) is 14.3. The standard InChI is InChI=1S/C17H25BrO2/c1-2-19-15-9-5-6-10-16(15)20-14-17(13-18)11-7-3-4-8-12-17/h5-6,9-10H,2-4,7-8,11-14H2,1H3. The van der Waals surface area contributed by atoms with Crippen LogP contribution in [0.25, 0.3) is 0 Å². The fourth-order valence-corrected chi connectivity index (χ4v) is 3.59. The van der Waals surface area contributed by atoms with Crippen molar-refractivity contribution in [1.29, 1.82) is 0 Å². The predicted octanol–water partition coefficient (Wildman–Crippen LogP) is 5.20. The number of benzene rings is 1. The second kappa shape index (κ2) is 7.92. The molecule has 2 rings (SSSR count). The summed E-state index contributed by atoms with van der Waals surface area (Å²) in [7, 11) is 0. The van der Waals surface area contributed by atoms with Crippen LogP contribution in [0.4, 0.5) is 0 Å². The van der Waals surface area contributed by atoms with Crippen LogP contribution < -0.4 is 9.47 Å². The van der Waals surface area contributed by atoms with Crippen molar-refractivity contribution in [3.63, 3.8) is 0 Å². The molecule has 1 fully saturated rings. The Bertz CT molecular complexity index is 398. The van der Waals surface area contributed by atoms with Crippen LogP contribution in [0, 0.1) is 5.41 Å². The van der Waals surface area contributed by atoms with Crippen molar-refractivity contribution in [3.8, 4) is 11.5 Å². The Hall–Kier alpha value is -0.700. The monoisotopic (exact) mass is 340 g/mol. The number of rotatable bonds is 6. The molecule has 1 saturated carbocycles. The highest BCUT2D eigenvalue weighted by molar-refractivity contribution is 9.09. The fourth-order valence-electron chi connectivity index (χ4n) is 2.87. The van der Waals surface area contributed by atoms with E-state index in [9.17, 15) is 0 Å². The van der Waals surface area contributed by atoms with Gasteiger partial charge in [0.15, 0.2) is 11.5 Å². The molecule has 0 amide bonds. The zero-order valence-electron chi connectivity index (χ0n) is 12.4. The zero-order valence-corrected chi connectivity index (χ0v) is 14.0. The molecule has 0 radical (unpaired) electrons. The summed E-state index contributed by atoms with van der Waals surface area (Å²) in [5, 5.41) is 1.02. The second-order valence-electron chi connectivity index (χ2n) is 5.72. The molecule has 1 aromatic carbocycles. The predicted molar refractivity (Wildman–Crippen MR) is 87.0 cm³/mol. The van der Waals surface area contributed by atoms with Gasteiger partial charge in [-0.15, -0.1) is 0 Å². The molecule has 0 aromatic heterocycles. The Morgan fingerprint density at radius 1 is 1.00 bits per heavy atom. The first-order chi connectivity index (χ1) is 9.79. The third-order valence-corrected chi connectivity index (χ3v) is 5.32. The van der Waals surface area contributed by atoms with Crippen molar-refractivity contribution in [2.75, 3.05) is 18.5 Å². The third-order valence-electron chi connectivity index (χ3n) is 4.13. The number of halogens is 1. The van der Waals surface area contributed by atoms with Crippen molar-refractivity contribution in [3.05, 3.63) is 24.3 Å². The highest BCUT2D eigenvalue weighted by atomic mass is 79.9. The van der Waals surface area contributed by atoms with E-state index in [2.05, 4.69) is 15.9 Å². The minimum Gasteiger partial charge on any atom is -0.490 e. The molecule has 0 aliphatic heterocycles. The van der Waals surface area contributed by atoms with Gasteiger partial charge in [0.2, 0.25) is 0 Å². The van der Waals surface area contributed by atoms with Gasteiger partial charge in [-0.3, -0.25) is 0 Å². The molecule has 0 N–H and O–H groups in total. The van der Waals surface area contributed by atoms with E-state index in [1.165, 1.54) is 38.5 Å². The Kier molecular flexibility index (Phi) is 6.21. The van der Waals surface area contributed by atoms with Gasteiger partial charge >= 0.3 is 0 Å². The van der Waals surface area contributed by atoms with Gasteiger partial charge in [-0.1, -0.05) is 53.7 Å². The van der Waals surface area contributed by atoms with Gasteiger partial charge in [-0.2, -0.15) is 0 Å². The van der Waals surface area contributed by atoms with Gasteiger partial charge in [0.05, 0.1) is 13.2 Å². The van der Waals surface area contributed by atoms with E-state index >= 15 is 0 Å². The molecule has 0 bridgehead atoms. The normalized spacial score (nSPS) is 18.3. The molecule has 2 nitrogen and oxygen atoms in total. The summed E-state index contributed by atoms with van der Waals surface area (Å²) in [6, 6.07) is 7.98. The molecule has 0 saturated heterocycles. The van der Waals surface area contributed by atoms with E-state index in [1.807, 2.05) is 31.2 Å². The molecular formula is C17H25BrO2. The van der Waals surface area contributed by atoms with Gasteiger partial charge in [0, 0.05) is 10.7 Å². The van der Waals surface area contributed by atoms with Gasteiger partial charge in [0.1, 0.15) is 0 Å². The first-order valence-corrected chi connectivity index (χ1v) is 8.82. The number of para-hydroxylation sites is 2. The van der Waals surface area contributed by atoms with Gasteiger partial charge in [0.25, 0.3) is 0 Å². The minimum absolute atomic E-state index is 0.288. The summed E-state index contributed by atoms with van der Waals surface area (Å²) in [5.41, 5.74) is 0.288. The number of alkyl halides is 1. The van der Waals surface area contributed by atoms with Crippen LogP contribution in [0.2, 0.25) is 0 Å². The maximum Gasteiger partial charge on any atom is 0.161 e. The van der Waals surface area contributed by atoms with E-state index in [4.69, 9.17) is 9.47 Å². The van der Waals surface area contributed by atoms with Crippen LogP contribution in [0.5, 0.6) is 11.5 Å². The lowest BCUT2D eigenvalue weighted by atomic mass is 9.83. The first kappa shape index (κ1) is 15.7. The molecular weight excluding hydrogens is 316 g/mol. The summed E-state index contributed by atoms with van der Waals surface area (Å²) in [6.07, 6.45) is 7.89. The lowest BCUT2D eigenvalue weighted by Gasteiger charge is -2.30. The molecule has 0 heterocycles. The molecule has 1 aromatic rings.